The van der Waals surface area contributed by atoms with E-state index < -0.39 is 11.9 Å². The first-order chi connectivity index (χ1) is 18.6. The Morgan fingerprint density at radius 2 is 1.33 bits per heavy atom. The number of anilines is 1. The zero-order chi connectivity index (χ0) is 28.8. The lowest BCUT2D eigenvalue weighted by Gasteiger charge is -2.33. The molecule has 1 aromatic rings. The van der Waals surface area contributed by atoms with Gasteiger partial charge in [-0.1, -0.05) is 12.1 Å². The molecule has 13 heteroatoms. The van der Waals surface area contributed by atoms with E-state index in [1.54, 1.807) is 0 Å². The van der Waals surface area contributed by atoms with Gasteiger partial charge < -0.3 is 31.5 Å². The molecule has 218 valence electrons. The van der Waals surface area contributed by atoms with Gasteiger partial charge in [0, 0.05) is 83.5 Å². The number of carboxylic acid groups (broad SMARTS) is 2. The average molecular weight is 550 g/mol. The van der Waals surface area contributed by atoms with Crippen LogP contribution >= 0.6 is 0 Å². The first-order valence-electron chi connectivity index (χ1n) is 13.2. The molecule has 1 aliphatic rings. The van der Waals surface area contributed by atoms with E-state index in [2.05, 4.69) is 20.4 Å². The Morgan fingerprint density at radius 3 is 1.79 bits per heavy atom. The Hall–Kier alpha value is -3.10. The van der Waals surface area contributed by atoms with Gasteiger partial charge in [0.05, 0.1) is 13.1 Å². The maximum atomic E-state index is 12.2. The lowest BCUT2D eigenvalue weighted by Crippen LogP contribution is -2.42. The monoisotopic (exact) mass is 549 g/mol. The molecule has 39 heavy (non-hydrogen) atoms. The largest absolute Gasteiger partial charge is 0.480 e. The minimum Gasteiger partial charge on any atom is -0.480 e. The molecule has 1 aromatic carbocycles. The molecule has 0 aliphatic carbocycles. The highest BCUT2D eigenvalue weighted by Crippen LogP contribution is 2.22. The summed E-state index contributed by atoms with van der Waals surface area (Å²) in [4.78, 5) is 54.6. The highest BCUT2D eigenvalue weighted by atomic mass is 16.4. The van der Waals surface area contributed by atoms with E-state index >= 15 is 0 Å². The molecule has 0 spiro atoms. The summed E-state index contributed by atoms with van der Waals surface area (Å²) in [5, 5.41) is 24.0. The van der Waals surface area contributed by atoms with Crippen molar-refractivity contribution < 1.29 is 29.4 Å². The van der Waals surface area contributed by atoms with Crippen LogP contribution in [0.15, 0.2) is 24.3 Å². The molecule has 0 radical (unpaired) electrons. The second-order valence-corrected chi connectivity index (χ2v) is 9.93. The molecule has 1 fully saturated rings. The number of rotatable bonds is 14. The first kappa shape index (κ1) is 32.1. The van der Waals surface area contributed by atoms with Crippen LogP contribution in [-0.2, 0) is 19.2 Å². The molecule has 6 N–H and O–H groups in total. The molecule has 1 aliphatic heterocycles. The van der Waals surface area contributed by atoms with Crippen molar-refractivity contribution in [1.29, 1.82) is 0 Å². The number of benzene rings is 1. The summed E-state index contributed by atoms with van der Waals surface area (Å²) >= 11 is 0. The Balaban J connectivity index is 2.03. The van der Waals surface area contributed by atoms with E-state index in [-0.39, 0.29) is 43.8 Å². The van der Waals surface area contributed by atoms with Gasteiger partial charge in [-0.3, -0.25) is 33.9 Å². The summed E-state index contributed by atoms with van der Waals surface area (Å²) in [6.07, 6.45) is 0.168. The molecule has 2 amide bonds. The molecule has 2 rings (SSSR count). The van der Waals surface area contributed by atoms with Crippen LogP contribution in [0.3, 0.4) is 0 Å². The fourth-order valence-corrected chi connectivity index (χ4v) is 4.42. The van der Waals surface area contributed by atoms with E-state index in [0.717, 1.165) is 5.56 Å². The molecule has 1 heterocycles. The molecule has 13 nitrogen and oxygen atoms in total. The lowest BCUT2D eigenvalue weighted by atomic mass is 10.0. The fraction of sp³-hybridized carbons (Fsp3) is 0.615. The van der Waals surface area contributed by atoms with Crippen LogP contribution in [0.25, 0.3) is 0 Å². The number of carbonyl (C=O) groups excluding carboxylic acids is 2. The predicted octanol–water partition coefficient (Wildman–Crippen LogP) is -0.828. The molecular formula is C26H43N7O6. The van der Waals surface area contributed by atoms with E-state index in [4.69, 9.17) is 5.73 Å². The Bertz CT molecular complexity index is 915. The third-order valence-corrected chi connectivity index (χ3v) is 6.59. The molecule has 0 bridgehead atoms. The van der Waals surface area contributed by atoms with E-state index in [1.807, 2.05) is 48.2 Å². The maximum absolute atomic E-state index is 12.2. The number of carboxylic acids is 2. The van der Waals surface area contributed by atoms with Crippen LogP contribution in [0.5, 0.6) is 0 Å². The zero-order valence-corrected chi connectivity index (χ0v) is 23.0. The fourth-order valence-electron chi connectivity index (χ4n) is 4.42. The Kier molecular flexibility index (Phi) is 13.8. The van der Waals surface area contributed by atoms with E-state index in [1.165, 1.54) is 0 Å². The van der Waals surface area contributed by atoms with Gasteiger partial charge in [0.2, 0.25) is 11.8 Å². The number of amides is 2. The number of nitrogens with zero attached hydrogens (tertiary/aromatic N) is 4. The van der Waals surface area contributed by atoms with Crippen molar-refractivity contribution in [2.75, 3.05) is 91.4 Å². The summed E-state index contributed by atoms with van der Waals surface area (Å²) < 4.78 is 0. The third kappa shape index (κ3) is 12.5. The van der Waals surface area contributed by atoms with Crippen molar-refractivity contribution >= 4 is 29.4 Å². The number of nitrogens with two attached hydrogens (primary N) is 1. The van der Waals surface area contributed by atoms with Crippen LogP contribution in [-0.4, -0.2) is 140 Å². The molecule has 1 unspecified atom stereocenters. The first-order valence-corrected chi connectivity index (χ1v) is 13.2. The van der Waals surface area contributed by atoms with Crippen molar-refractivity contribution in [2.45, 2.75) is 18.9 Å². The van der Waals surface area contributed by atoms with Crippen LogP contribution in [0, 0.1) is 0 Å². The zero-order valence-electron chi connectivity index (χ0n) is 23.0. The van der Waals surface area contributed by atoms with Gasteiger partial charge in [0.25, 0.3) is 0 Å². The minimum atomic E-state index is -0.904. The molecule has 1 saturated heterocycles. The van der Waals surface area contributed by atoms with Gasteiger partial charge in [0.1, 0.15) is 0 Å². The van der Waals surface area contributed by atoms with Gasteiger partial charge in [-0.15, -0.1) is 0 Å². The van der Waals surface area contributed by atoms with E-state index in [9.17, 15) is 29.4 Å². The van der Waals surface area contributed by atoms with Crippen molar-refractivity contribution in [3.05, 3.63) is 29.8 Å². The van der Waals surface area contributed by atoms with Crippen LogP contribution in [0.1, 0.15) is 24.4 Å². The molecular weight excluding hydrogens is 506 g/mol. The number of aliphatic carboxylic acids is 2. The number of hydrogen-bond donors (Lipinski definition) is 5. The Labute approximate surface area is 229 Å². The minimum absolute atomic E-state index is 0.0163. The summed E-state index contributed by atoms with van der Waals surface area (Å²) in [6.45, 7) is 4.68. The smallest absolute Gasteiger partial charge is 0.317 e. The van der Waals surface area contributed by atoms with Crippen molar-refractivity contribution in [1.82, 2.24) is 24.9 Å². The van der Waals surface area contributed by atoms with Crippen LogP contribution in [0.4, 0.5) is 5.69 Å². The summed E-state index contributed by atoms with van der Waals surface area (Å²) in [5.41, 5.74) is 7.04. The number of likely N-dealkylation sites (N-methyl/N-ethyl adjacent to an activating group) is 1. The molecule has 0 aromatic heterocycles. The highest BCUT2D eigenvalue weighted by molar-refractivity contribution is 5.93. The summed E-state index contributed by atoms with van der Waals surface area (Å²) in [6, 6.07) is 7.60. The van der Waals surface area contributed by atoms with Gasteiger partial charge in [-0.2, -0.15) is 0 Å². The topological polar surface area (TPSA) is 172 Å². The normalized spacial score (nSPS) is 16.6. The lowest BCUT2D eigenvalue weighted by molar-refractivity contribution is -0.140. The molecule has 0 saturated carbocycles. The van der Waals surface area contributed by atoms with Gasteiger partial charge in [-0.25, -0.2) is 0 Å². The van der Waals surface area contributed by atoms with E-state index in [0.29, 0.717) is 64.6 Å². The number of hydrogen-bond acceptors (Lipinski definition) is 9. The van der Waals surface area contributed by atoms with Gasteiger partial charge in [-0.05, 0) is 31.8 Å². The van der Waals surface area contributed by atoms with Crippen LogP contribution in [0.2, 0.25) is 0 Å². The Morgan fingerprint density at radius 1 is 0.846 bits per heavy atom. The number of carbonyl (C=O) groups is 4. The SMILES string of the molecule is CN(C)C(CN1CCN(CC(=O)O)CCN(CC(=O)O)CC1)c1ccc(NC(=O)CCC(=O)NCCN)cc1. The summed E-state index contributed by atoms with van der Waals surface area (Å²) in [7, 11) is 3.97. The van der Waals surface area contributed by atoms with Crippen molar-refractivity contribution in [2.24, 2.45) is 5.73 Å². The van der Waals surface area contributed by atoms with Crippen molar-refractivity contribution in [3.63, 3.8) is 0 Å². The maximum Gasteiger partial charge on any atom is 0.317 e. The van der Waals surface area contributed by atoms with Gasteiger partial charge >= 0.3 is 11.9 Å². The van der Waals surface area contributed by atoms with Crippen molar-refractivity contribution in [3.8, 4) is 0 Å². The second kappa shape index (κ2) is 16.8. The van der Waals surface area contributed by atoms with Crippen LogP contribution < -0.4 is 16.4 Å². The third-order valence-electron chi connectivity index (χ3n) is 6.59. The standard InChI is InChI=1S/C26H43N7O6/c1-30(2)22(20-3-5-21(6-4-20)29-24(35)8-7-23(34)28-10-9-27)17-31-11-13-32(18-25(36)37)15-16-33(14-12-31)19-26(38)39/h3-6,22H,7-19,27H2,1-2H3,(H,28,34)(H,29,35)(H,36,37)(H,38,39). The predicted molar refractivity (Wildman–Crippen MR) is 147 cm³/mol. The molecule has 1 atom stereocenters. The summed E-state index contributed by atoms with van der Waals surface area (Å²) in [5.74, 6) is -2.27. The second-order valence-electron chi connectivity index (χ2n) is 9.93. The number of nitrogens with one attached hydrogen (secondary N) is 2. The van der Waals surface area contributed by atoms with Gasteiger partial charge in [0.15, 0.2) is 0 Å². The average Bonchev–Trinajstić information content (AvgIpc) is 2.96. The quantitative estimate of drug-likeness (QED) is 0.196. The highest BCUT2D eigenvalue weighted by Gasteiger charge is 2.23.